The first-order valence-corrected chi connectivity index (χ1v) is 11.9. The van der Waals surface area contributed by atoms with Crippen molar-refractivity contribution >= 4 is 40.5 Å². The SMILES string of the molecule is COCCOc1ccc(C(=O)NC(=S)Nc2ccc(NC(=O)c3ccc(C(C)(C)C)cc3)cc2)cc1. The van der Waals surface area contributed by atoms with Gasteiger partial charge in [0.2, 0.25) is 0 Å². The van der Waals surface area contributed by atoms with Crippen molar-refractivity contribution < 1.29 is 19.1 Å². The van der Waals surface area contributed by atoms with Crippen LogP contribution in [0, 0.1) is 0 Å². The molecule has 188 valence electrons. The van der Waals surface area contributed by atoms with Crippen LogP contribution in [-0.4, -0.2) is 37.3 Å². The number of carbonyl (C=O) groups is 2. The lowest BCUT2D eigenvalue weighted by Gasteiger charge is -2.19. The number of ether oxygens (including phenoxy) is 2. The van der Waals surface area contributed by atoms with Gasteiger partial charge in [0.1, 0.15) is 12.4 Å². The first-order chi connectivity index (χ1) is 17.2. The lowest BCUT2D eigenvalue weighted by molar-refractivity contribution is 0.0976. The summed E-state index contributed by atoms with van der Waals surface area (Å²) in [6.45, 7) is 7.32. The first kappa shape index (κ1) is 26.8. The Kier molecular flexibility index (Phi) is 9.16. The third-order valence-electron chi connectivity index (χ3n) is 5.31. The number of hydrogen-bond donors (Lipinski definition) is 3. The van der Waals surface area contributed by atoms with E-state index in [-0.39, 0.29) is 22.3 Å². The van der Waals surface area contributed by atoms with E-state index in [1.165, 1.54) is 5.56 Å². The van der Waals surface area contributed by atoms with Gasteiger partial charge < -0.3 is 20.1 Å². The average Bonchev–Trinajstić information content (AvgIpc) is 2.85. The van der Waals surface area contributed by atoms with E-state index in [2.05, 4.69) is 36.7 Å². The zero-order valence-corrected chi connectivity index (χ0v) is 21.7. The molecule has 0 bridgehead atoms. The number of benzene rings is 3. The molecule has 0 aliphatic carbocycles. The summed E-state index contributed by atoms with van der Waals surface area (Å²) >= 11 is 5.26. The minimum absolute atomic E-state index is 0.0293. The third kappa shape index (κ3) is 7.90. The Labute approximate surface area is 217 Å². The van der Waals surface area contributed by atoms with Gasteiger partial charge in [0, 0.05) is 29.6 Å². The molecule has 3 rings (SSSR count). The molecule has 0 saturated carbocycles. The van der Waals surface area contributed by atoms with Gasteiger partial charge in [0.25, 0.3) is 11.8 Å². The maximum Gasteiger partial charge on any atom is 0.257 e. The second-order valence-corrected chi connectivity index (χ2v) is 9.54. The normalized spacial score (nSPS) is 10.9. The molecule has 0 aliphatic rings. The largest absolute Gasteiger partial charge is 0.491 e. The minimum Gasteiger partial charge on any atom is -0.491 e. The molecule has 8 heteroatoms. The van der Waals surface area contributed by atoms with Crippen LogP contribution < -0.4 is 20.7 Å². The topological polar surface area (TPSA) is 88.7 Å². The highest BCUT2D eigenvalue weighted by Crippen LogP contribution is 2.22. The van der Waals surface area contributed by atoms with Crippen molar-refractivity contribution in [1.82, 2.24) is 5.32 Å². The van der Waals surface area contributed by atoms with E-state index in [1.54, 1.807) is 55.6 Å². The molecule has 0 saturated heterocycles. The summed E-state index contributed by atoms with van der Waals surface area (Å²) in [5.74, 6) is 0.129. The van der Waals surface area contributed by atoms with Crippen LogP contribution in [0.25, 0.3) is 0 Å². The van der Waals surface area contributed by atoms with Crippen molar-refractivity contribution in [3.8, 4) is 5.75 Å². The molecule has 0 aromatic heterocycles. The molecule has 0 spiro atoms. The summed E-state index contributed by atoms with van der Waals surface area (Å²) in [5, 5.41) is 8.67. The predicted molar refractivity (Wildman–Crippen MR) is 147 cm³/mol. The van der Waals surface area contributed by atoms with Crippen molar-refractivity contribution in [2.75, 3.05) is 31.0 Å². The van der Waals surface area contributed by atoms with Gasteiger partial charge in [0.05, 0.1) is 6.61 Å². The summed E-state index contributed by atoms with van der Waals surface area (Å²) in [4.78, 5) is 25.0. The van der Waals surface area contributed by atoms with E-state index < -0.39 is 0 Å². The molecule has 0 heterocycles. The summed E-state index contributed by atoms with van der Waals surface area (Å²) in [5.41, 5.74) is 3.56. The van der Waals surface area contributed by atoms with Crippen LogP contribution in [-0.2, 0) is 10.2 Å². The van der Waals surface area contributed by atoms with E-state index in [1.807, 2.05) is 24.3 Å². The molecule has 2 amide bonds. The molecule has 36 heavy (non-hydrogen) atoms. The highest BCUT2D eigenvalue weighted by molar-refractivity contribution is 7.80. The molecule has 3 aromatic carbocycles. The van der Waals surface area contributed by atoms with Gasteiger partial charge in [-0.2, -0.15) is 0 Å². The van der Waals surface area contributed by atoms with E-state index in [9.17, 15) is 9.59 Å². The van der Waals surface area contributed by atoms with Crippen LogP contribution in [0.15, 0.2) is 72.8 Å². The Morgan fingerprint density at radius 1 is 0.750 bits per heavy atom. The second-order valence-electron chi connectivity index (χ2n) is 9.13. The van der Waals surface area contributed by atoms with Crippen molar-refractivity contribution in [3.63, 3.8) is 0 Å². The molecule has 0 fully saturated rings. The first-order valence-electron chi connectivity index (χ1n) is 11.5. The average molecular weight is 506 g/mol. The smallest absolute Gasteiger partial charge is 0.257 e. The van der Waals surface area contributed by atoms with Gasteiger partial charge in [-0.05, 0) is 83.9 Å². The van der Waals surface area contributed by atoms with Crippen LogP contribution in [0.2, 0.25) is 0 Å². The van der Waals surface area contributed by atoms with Crippen molar-refractivity contribution in [3.05, 3.63) is 89.5 Å². The fourth-order valence-corrected chi connectivity index (χ4v) is 3.46. The highest BCUT2D eigenvalue weighted by atomic mass is 32.1. The fourth-order valence-electron chi connectivity index (χ4n) is 3.24. The van der Waals surface area contributed by atoms with Gasteiger partial charge in [-0.25, -0.2) is 0 Å². The highest BCUT2D eigenvalue weighted by Gasteiger charge is 2.14. The van der Waals surface area contributed by atoms with Gasteiger partial charge in [0.15, 0.2) is 5.11 Å². The van der Waals surface area contributed by atoms with Gasteiger partial charge >= 0.3 is 0 Å². The molecule has 0 atom stereocenters. The number of anilines is 2. The molecule has 3 N–H and O–H groups in total. The monoisotopic (exact) mass is 505 g/mol. The summed E-state index contributed by atoms with van der Waals surface area (Å²) < 4.78 is 10.4. The minimum atomic E-state index is -0.336. The number of methoxy groups -OCH3 is 1. The number of carbonyl (C=O) groups excluding carboxylic acids is 2. The number of thiocarbonyl (C=S) groups is 1. The summed E-state index contributed by atoms with van der Waals surface area (Å²) in [6.07, 6.45) is 0. The number of hydrogen-bond acceptors (Lipinski definition) is 5. The quantitative estimate of drug-likeness (QED) is 0.281. The van der Waals surface area contributed by atoms with Gasteiger partial charge in [-0.3, -0.25) is 14.9 Å². The van der Waals surface area contributed by atoms with Crippen molar-refractivity contribution in [2.45, 2.75) is 26.2 Å². The Balaban J connectivity index is 1.50. The van der Waals surface area contributed by atoms with Gasteiger partial charge in [-0.15, -0.1) is 0 Å². The molecular weight excluding hydrogens is 474 g/mol. The van der Waals surface area contributed by atoms with Crippen molar-refractivity contribution in [2.24, 2.45) is 0 Å². The predicted octanol–water partition coefficient (Wildman–Crippen LogP) is 5.39. The van der Waals surface area contributed by atoms with E-state index >= 15 is 0 Å². The molecule has 0 aliphatic heterocycles. The lowest BCUT2D eigenvalue weighted by atomic mass is 9.87. The zero-order valence-electron chi connectivity index (χ0n) is 20.9. The van der Waals surface area contributed by atoms with Crippen LogP contribution in [0.5, 0.6) is 5.75 Å². The fraction of sp³-hybridized carbons (Fsp3) is 0.250. The van der Waals surface area contributed by atoms with E-state index in [0.29, 0.717) is 41.5 Å². The molecule has 0 radical (unpaired) electrons. The Hall–Kier alpha value is -3.75. The van der Waals surface area contributed by atoms with E-state index in [4.69, 9.17) is 21.7 Å². The maximum atomic E-state index is 12.6. The van der Waals surface area contributed by atoms with Crippen molar-refractivity contribution in [1.29, 1.82) is 0 Å². The molecular formula is C28H31N3O4S. The van der Waals surface area contributed by atoms with Crippen LogP contribution >= 0.6 is 12.2 Å². The van der Waals surface area contributed by atoms with E-state index in [0.717, 1.165) is 0 Å². The number of rotatable bonds is 8. The number of amides is 2. The standard InChI is InChI=1S/C28H31N3O4S/c1-28(2,3)21-9-5-19(6-10-21)25(32)29-22-11-13-23(14-12-22)30-27(36)31-26(33)20-7-15-24(16-8-20)35-18-17-34-4/h5-16H,17-18H2,1-4H3,(H,29,32)(H2,30,31,33,36). The molecule has 7 nitrogen and oxygen atoms in total. The van der Waals surface area contributed by atoms with Crippen LogP contribution in [0.3, 0.4) is 0 Å². The Morgan fingerprint density at radius 3 is 1.83 bits per heavy atom. The maximum absolute atomic E-state index is 12.6. The lowest BCUT2D eigenvalue weighted by Crippen LogP contribution is -2.34. The number of nitrogens with one attached hydrogen (secondary N) is 3. The molecule has 0 unspecified atom stereocenters. The van der Waals surface area contributed by atoms with Crippen LogP contribution in [0.1, 0.15) is 47.1 Å². The summed E-state index contributed by atoms with van der Waals surface area (Å²) in [6, 6.07) is 21.4. The third-order valence-corrected chi connectivity index (χ3v) is 5.52. The van der Waals surface area contributed by atoms with Crippen LogP contribution in [0.4, 0.5) is 11.4 Å². The molecule has 3 aromatic rings. The Bertz CT molecular complexity index is 1190. The second kappa shape index (κ2) is 12.3. The zero-order chi connectivity index (χ0) is 26.1. The Morgan fingerprint density at radius 2 is 1.28 bits per heavy atom. The van der Waals surface area contributed by atoms with Gasteiger partial charge in [-0.1, -0.05) is 32.9 Å². The summed E-state index contributed by atoms with van der Waals surface area (Å²) in [7, 11) is 1.61.